The van der Waals surface area contributed by atoms with Crippen LogP contribution in [0.25, 0.3) is 0 Å². The number of hydrogen-bond acceptors (Lipinski definition) is 2. The second-order valence-corrected chi connectivity index (χ2v) is 5.90. The van der Waals surface area contributed by atoms with E-state index < -0.39 is 10.8 Å². The maximum Gasteiger partial charge on any atom is 0.0846 e. The molecule has 0 radical (unpaired) electrons. The number of aliphatic hydroxyl groups is 1. The lowest BCUT2D eigenvalue weighted by Crippen LogP contribution is -1.95. The molecule has 1 N–H and O–H groups in total. The molecule has 0 saturated heterocycles. The van der Waals surface area contributed by atoms with Crippen LogP contribution in [0.2, 0.25) is 0 Å². The lowest BCUT2D eigenvalue weighted by molar-refractivity contribution is 0.342. The van der Waals surface area contributed by atoms with E-state index in [0.717, 1.165) is 34.6 Å². The molecule has 1 aromatic rings. The molecule has 0 saturated carbocycles. The normalized spacial score (nSPS) is 13.9. The highest BCUT2D eigenvalue weighted by Crippen LogP contribution is 2.17. The fraction of sp³-hybridized carbons (Fsp3) is 0.375. The van der Waals surface area contributed by atoms with Gasteiger partial charge in [-0.05, 0) is 31.6 Å². The van der Waals surface area contributed by atoms with Crippen LogP contribution in [0.4, 0.5) is 0 Å². The summed E-state index contributed by atoms with van der Waals surface area (Å²) in [5, 5.41) is 8.86. The Morgan fingerprint density at radius 2 is 2.00 bits per heavy atom. The smallest absolute Gasteiger partial charge is 0.0846 e. The second kappa shape index (κ2) is 8.83. The summed E-state index contributed by atoms with van der Waals surface area (Å²) in [4.78, 5) is 1.57. The van der Waals surface area contributed by atoms with Crippen molar-refractivity contribution in [1.29, 1.82) is 0 Å². The van der Waals surface area contributed by atoms with Crippen molar-refractivity contribution >= 4 is 10.8 Å². The highest BCUT2D eigenvalue weighted by Gasteiger charge is 2.07. The lowest BCUT2D eigenvalue weighted by atomic mass is 10.2. The van der Waals surface area contributed by atoms with Gasteiger partial charge in [-0.1, -0.05) is 49.6 Å². The van der Waals surface area contributed by atoms with Crippen molar-refractivity contribution in [2.45, 2.75) is 38.0 Å². The Hall–Kier alpha value is -1.19. The standard InChI is InChI=1S/C16H22O2S/c1-3-4-5-7-15(8-6-13-17)19(18)16-11-9-14(2)10-12-16/h6-12,17H,3-5,13H2,1-2H3/b8-6+,15-7-. The predicted octanol–water partition coefficient (Wildman–Crippen LogP) is 3.73. The summed E-state index contributed by atoms with van der Waals surface area (Å²) in [5.41, 5.74) is 1.16. The molecule has 1 unspecified atom stereocenters. The maximum atomic E-state index is 12.5. The minimum absolute atomic E-state index is 0.0315. The monoisotopic (exact) mass is 278 g/mol. The first-order chi connectivity index (χ1) is 9.19. The van der Waals surface area contributed by atoms with E-state index in [9.17, 15) is 4.21 Å². The van der Waals surface area contributed by atoms with Gasteiger partial charge in [0.2, 0.25) is 0 Å². The van der Waals surface area contributed by atoms with E-state index in [4.69, 9.17) is 5.11 Å². The van der Waals surface area contributed by atoms with Gasteiger partial charge in [-0.3, -0.25) is 0 Å². The third-order valence-corrected chi connectivity index (χ3v) is 4.17. The highest BCUT2D eigenvalue weighted by atomic mass is 32.2. The van der Waals surface area contributed by atoms with Crippen molar-refractivity contribution in [1.82, 2.24) is 0 Å². The molecule has 1 aromatic carbocycles. The van der Waals surface area contributed by atoms with Crippen molar-refractivity contribution in [3.8, 4) is 0 Å². The van der Waals surface area contributed by atoms with E-state index in [1.807, 2.05) is 37.3 Å². The van der Waals surface area contributed by atoms with Gasteiger partial charge in [0.15, 0.2) is 0 Å². The molecule has 3 heteroatoms. The summed E-state index contributed by atoms with van der Waals surface area (Å²) in [6.07, 6.45) is 8.51. The molecule has 0 aromatic heterocycles. The van der Waals surface area contributed by atoms with Gasteiger partial charge in [0.25, 0.3) is 0 Å². The molecule has 0 aliphatic rings. The van der Waals surface area contributed by atoms with Gasteiger partial charge in [-0.25, -0.2) is 4.21 Å². The zero-order valence-electron chi connectivity index (χ0n) is 11.6. The molecular weight excluding hydrogens is 256 g/mol. The second-order valence-electron chi connectivity index (χ2n) is 4.42. The Morgan fingerprint density at radius 1 is 1.32 bits per heavy atom. The van der Waals surface area contributed by atoms with Crippen LogP contribution in [0, 0.1) is 6.92 Å². The fourth-order valence-corrected chi connectivity index (χ4v) is 2.77. The summed E-state index contributed by atoms with van der Waals surface area (Å²) in [6.45, 7) is 4.11. The molecule has 0 amide bonds. The first-order valence-electron chi connectivity index (χ1n) is 6.65. The Kier molecular flexibility index (Phi) is 7.38. The van der Waals surface area contributed by atoms with Crippen LogP contribution in [-0.2, 0) is 10.8 Å². The van der Waals surface area contributed by atoms with Crippen LogP contribution in [0.15, 0.2) is 52.3 Å². The van der Waals surface area contributed by atoms with Gasteiger partial charge >= 0.3 is 0 Å². The molecule has 0 fully saturated rings. The molecule has 104 valence electrons. The number of hydrogen-bond donors (Lipinski definition) is 1. The van der Waals surface area contributed by atoms with E-state index in [1.165, 1.54) is 0 Å². The molecule has 2 nitrogen and oxygen atoms in total. The van der Waals surface area contributed by atoms with E-state index in [1.54, 1.807) is 12.2 Å². The fourth-order valence-electron chi connectivity index (χ4n) is 1.62. The Bertz CT molecular complexity index is 458. The van der Waals surface area contributed by atoms with Crippen molar-refractivity contribution in [2.24, 2.45) is 0 Å². The van der Waals surface area contributed by atoms with Gasteiger partial charge in [0, 0.05) is 9.80 Å². The van der Waals surface area contributed by atoms with E-state index in [-0.39, 0.29) is 6.61 Å². The molecular formula is C16H22O2S. The van der Waals surface area contributed by atoms with E-state index >= 15 is 0 Å². The van der Waals surface area contributed by atoms with Gasteiger partial charge in [0.05, 0.1) is 17.4 Å². The molecule has 0 spiro atoms. The van der Waals surface area contributed by atoms with Gasteiger partial charge < -0.3 is 5.11 Å². The molecule has 0 aliphatic carbocycles. The molecule has 1 atom stereocenters. The minimum atomic E-state index is -1.17. The summed E-state index contributed by atoms with van der Waals surface area (Å²) >= 11 is 0. The van der Waals surface area contributed by atoms with Crippen LogP contribution >= 0.6 is 0 Å². The summed E-state index contributed by atoms with van der Waals surface area (Å²) in [6, 6.07) is 7.72. The minimum Gasteiger partial charge on any atom is -0.392 e. The number of aliphatic hydroxyl groups excluding tert-OH is 1. The number of benzene rings is 1. The Labute approximate surface area is 118 Å². The van der Waals surface area contributed by atoms with Gasteiger partial charge in [0.1, 0.15) is 0 Å². The molecule has 0 heterocycles. The number of unbranched alkanes of at least 4 members (excludes halogenated alkanes) is 2. The maximum absolute atomic E-state index is 12.5. The number of rotatable bonds is 7. The quantitative estimate of drug-likeness (QED) is 0.609. The summed E-state index contributed by atoms with van der Waals surface area (Å²) in [5.74, 6) is 0. The highest BCUT2D eigenvalue weighted by molar-refractivity contribution is 7.89. The largest absolute Gasteiger partial charge is 0.392 e. The van der Waals surface area contributed by atoms with Crippen molar-refractivity contribution in [3.63, 3.8) is 0 Å². The van der Waals surface area contributed by atoms with Crippen LogP contribution in [-0.4, -0.2) is 15.9 Å². The molecule has 0 bridgehead atoms. The summed E-state index contributed by atoms with van der Waals surface area (Å²) < 4.78 is 12.5. The summed E-state index contributed by atoms with van der Waals surface area (Å²) in [7, 11) is -1.17. The number of allylic oxidation sites excluding steroid dienone is 2. The van der Waals surface area contributed by atoms with Crippen molar-refractivity contribution in [2.75, 3.05) is 6.61 Å². The van der Waals surface area contributed by atoms with Crippen molar-refractivity contribution < 1.29 is 9.32 Å². The van der Waals surface area contributed by atoms with E-state index in [0.29, 0.717) is 0 Å². The van der Waals surface area contributed by atoms with Crippen molar-refractivity contribution in [3.05, 3.63) is 53.0 Å². The molecule has 19 heavy (non-hydrogen) atoms. The van der Waals surface area contributed by atoms with Crippen LogP contribution in [0.3, 0.4) is 0 Å². The van der Waals surface area contributed by atoms with Gasteiger partial charge in [-0.15, -0.1) is 0 Å². The average Bonchev–Trinajstić information content (AvgIpc) is 2.43. The third kappa shape index (κ3) is 5.53. The van der Waals surface area contributed by atoms with Gasteiger partial charge in [-0.2, -0.15) is 0 Å². The van der Waals surface area contributed by atoms with Crippen LogP contribution in [0.5, 0.6) is 0 Å². The first-order valence-corrected chi connectivity index (χ1v) is 7.80. The average molecular weight is 278 g/mol. The Balaban J connectivity index is 2.90. The topological polar surface area (TPSA) is 37.3 Å². The van der Waals surface area contributed by atoms with E-state index in [2.05, 4.69) is 6.92 Å². The van der Waals surface area contributed by atoms with Crippen LogP contribution < -0.4 is 0 Å². The number of aryl methyl sites for hydroxylation is 1. The molecule has 1 rings (SSSR count). The first kappa shape index (κ1) is 15.9. The Morgan fingerprint density at radius 3 is 2.58 bits per heavy atom. The van der Waals surface area contributed by atoms with Crippen LogP contribution in [0.1, 0.15) is 31.7 Å². The lowest BCUT2D eigenvalue weighted by Gasteiger charge is -2.04. The molecule has 0 aliphatic heterocycles. The predicted molar refractivity (Wildman–Crippen MR) is 81.4 cm³/mol. The zero-order valence-corrected chi connectivity index (χ0v) is 12.5. The SMILES string of the molecule is CCCC/C=C(/C=C/CO)S(=O)c1ccc(C)cc1. The third-order valence-electron chi connectivity index (χ3n) is 2.74. The zero-order chi connectivity index (χ0) is 14.1.